The number of rotatable bonds is 5. The summed E-state index contributed by atoms with van der Waals surface area (Å²) in [6.45, 7) is 8.25. The van der Waals surface area contributed by atoms with Crippen LogP contribution in [0.5, 0.6) is 0 Å². The van der Waals surface area contributed by atoms with Crippen molar-refractivity contribution in [2.75, 3.05) is 7.11 Å². The summed E-state index contributed by atoms with van der Waals surface area (Å²) in [4.78, 5) is 11.6. The van der Waals surface area contributed by atoms with Crippen LogP contribution in [0.15, 0.2) is 60.7 Å². The number of methoxy groups -OCH3 is 1. The van der Waals surface area contributed by atoms with Gasteiger partial charge in [0, 0.05) is 6.42 Å². The summed E-state index contributed by atoms with van der Waals surface area (Å²) >= 11 is 0. The van der Waals surface area contributed by atoms with E-state index in [1.807, 2.05) is 18.2 Å². The number of fused-ring (bicyclic) bond motifs is 1. The van der Waals surface area contributed by atoms with E-state index >= 15 is 0 Å². The summed E-state index contributed by atoms with van der Waals surface area (Å²) in [6.07, 6.45) is 0.973. The Balaban J connectivity index is 1.78. The zero-order valence-corrected chi connectivity index (χ0v) is 18.9. The van der Waals surface area contributed by atoms with Crippen LogP contribution >= 0.6 is 0 Å². The van der Waals surface area contributed by atoms with Gasteiger partial charge < -0.3 is 14.0 Å². The van der Waals surface area contributed by atoms with Gasteiger partial charge in [-0.15, -0.1) is 0 Å². The van der Waals surface area contributed by atoms with E-state index in [0.29, 0.717) is 12.8 Å². The Morgan fingerprint density at radius 3 is 2.26 bits per heavy atom. The van der Waals surface area contributed by atoms with E-state index in [-0.39, 0.29) is 5.97 Å². The van der Waals surface area contributed by atoms with Crippen LogP contribution in [0.2, 0.25) is 0 Å². The summed E-state index contributed by atoms with van der Waals surface area (Å²) in [5, 5.41) is 2.38. The van der Waals surface area contributed by atoms with Crippen molar-refractivity contribution in [1.29, 1.82) is 0 Å². The van der Waals surface area contributed by atoms with Crippen molar-refractivity contribution in [3.05, 3.63) is 66.2 Å². The molecule has 4 rings (SSSR count). The molecule has 0 aliphatic carbocycles. The molecule has 0 N–H and O–H groups in total. The lowest BCUT2D eigenvalue weighted by Gasteiger charge is -2.32. The highest BCUT2D eigenvalue weighted by Crippen LogP contribution is 2.37. The Morgan fingerprint density at radius 2 is 1.58 bits per heavy atom. The Hall–Kier alpha value is -2.63. The topological polar surface area (TPSA) is 44.8 Å². The van der Waals surface area contributed by atoms with Crippen LogP contribution in [0, 0.1) is 0 Å². The average Bonchev–Trinajstić information content (AvgIpc) is 2.98. The van der Waals surface area contributed by atoms with E-state index in [2.05, 4.69) is 70.2 Å². The highest BCUT2D eigenvalue weighted by molar-refractivity contribution is 6.63. The predicted octanol–water partition coefficient (Wildman–Crippen LogP) is 4.91. The molecule has 1 heterocycles. The molecule has 1 fully saturated rings. The molecule has 1 aliphatic heterocycles. The van der Waals surface area contributed by atoms with E-state index < -0.39 is 18.3 Å². The van der Waals surface area contributed by atoms with Gasteiger partial charge in [-0.05, 0) is 73.1 Å². The van der Waals surface area contributed by atoms with Crippen molar-refractivity contribution in [2.24, 2.45) is 0 Å². The number of benzene rings is 3. The Labute approximate surface area is 184 Å². The summed E-state index contributed by atoms with van der Waals surface area (Å²) in [5.74, 6) is -0.206. The first-order chi connectivity index (χ1) is 14.7. The fourth-order valence-corrected chi connectivity index (χ4v) is 3.89. The molecule has 0 unspecified atom stereocenters. The van der Waals surface area contributed by atoms with E-state index in [9.17, 15) is 4.79 Å². The predicted molar refractivity (Wildman–Crippen MR) is 125 cm³/mol. The first-order valence-corrected chi connectivity index (χ1v) is 10.7. The molecular formula is C26H29BO4. The minimum Gasteiger partial charge on any atom is -0.469 e. The number of ether oxygens (including phenoxy) is 1. The molecule has 31 heavy (non-hydrogen) atoms. The Kier molecular flexibility index (Phi) is 5.67. The molecule has 0 spiro atoms. The second-order valence-electron chi connectivity index (χ2n) is 9.15. The van der Waals surface area contributed by atoms with Gasteiger partial charge in [-0.1, -0.05) is 54.6 Å². The maximum absolute atomic E-state index is 11.6. The Bertz CT molecular complexity index is 1100. The number of aryl methyl sites for hydroxylation is 1. The molecule has 0 saturated carbocycles. The van der Waals surface area contributed by atoms with Gasteiger partial charge in [-0.2, -0.15) is 0 Å². The van der Waals surface area contributed by atoms with Gasteiger partial charge in [0.25, 0.3) is 0 Å². The quantitative estimate of drug-likeness (QED) is 0.438. The van der Waals surface area contributed by atoms with E-state index in [1.165, 1.54) is 17.9 Å². The van der Waals surface area contributed by atoms with Crippen molar-refractivity contribution in [3.8, 4) is 11.1 Å². The summed E-state index contributed by atoms with van der Waals surface area (Å²) in [5.41, 5.74) is 3.41. The van der Waals surface area contributed by atoms with Crippen LogP contribution in [-0.4, -0.2) is 31.4 Å². The maximum Gasteiger partial charge on any atom is 0.495 e. The average molecular weight is 416 g/mol. The number of esters is 1. The lowest BCUT2D eigenvalue weighted by atomic mass is 9.73. The molecule has 5 heteroatoms. The summed E-state index contributed by atoms with van der Waals surface area (Å²) < 4.78 is 17.5. The monoisotopic (exact) mass is 416 g/mol. The van der Waals surface area contributed by atoms with Crippen molar-refractivity contribution in [2.45, 2.75) is 51.7 Å². The zero-order valence-electron chi connectivity index (χ0n) is 18.9. The molecule has 0 aromatic heterocycles. The molecule has 1 aliphatic rings. The summed E-state index contributed by atoms with van der Waals surface area (Å²) in [6, 6.07) is 21.1. The normalized spacial score (nSPS) is 17.1. The molecule has 3 aromatic rings. The Morgan fingerprint density at radius 1 is 0.903 bits per heavy atom. The number of carbonyl (C=O) groups is 1. The SMILES string of the molecule is COC(=O)CCc1ccc(B2OC(C)(C)C(C)(C)O2)c(-c2ccc3ccccc3c2)c1. The van der Waals surface area contributed by atoms with Gasteiger partial charge >= 0.3 is 13.1 Å². The van der Waals surface area contributed by atoms with Crippen LogP contribution in [0.3, 0.4) is 0 Å². The van der Waals surface area contributed by atoms with E-state index in [0.717, 1.165) is 22.2 Å². The van der Waals surface area contributed by atoms with Crippen LogP contribution < -0.4 is 5.46 Å². The lowest BCUT2D eigenvalue weighted by molar-refractivity contribution is -0.140. The van der Waals surface area contributed by atoms with Gasteiger partial charge in [-0.3, -0.25) is 4.79 Å². The molecule has 3 aromatic carbocycles. The van der Waals surface area contributed by atoms with Crippen LogP contribution in [0.1, 0.15) is 39.7 Å². The highest BCUT2D eigenvalue weighted by atomic mass is 16.7. The van der Waals surface area contributed by atoms with Gasteiger partial charge in [0.2, 0.25) is 0 Å². The van der Waals surface area contributed by atoms with Crippen LogP contribution in [-0.2, 0) is 25.3 Å². The van der Waals surface area contributed by atoms with Crippen molar-refractivity contribution in [3.63, 3.8) is 0 Å². The van der Waals surface area contributed by atoms with Crippen molar-refractivity contribution >= 4 is 29.3 Å². The third-order valence-electron chi connectivity index (χ3n) is 6.53. The van der Waals surface area contributed by atoms with Crippen LogP contribution in [0.25, 0.3) is 21.9 Å². The van der Waals surface area contributed by atoms with Gasteiger partial charge in [0.15, 0.2) is 0 Å². The minimum absolute atomic E-state index is 0.206. The largest absolute Gasteiger partial charge is 0.495 e. The second kappa shape index (κ2) is 8.14. The minimum atomic E-state index is -0.457. The number of hydrogen-bond acceptors (Lipinski definition) is 4. The zero-order chi connectivity index (χ0) is 22.2. The number of carbonyl (C=O) groups excluding carboxylic acids is 1. The van der Waals surface area contributed by atoms with Gasteiger partial charge in [0.05, 0.1) is 18.3 Å². The molecule has 1 saturated heterocycles. The van der Waals surface area contributed by atoms with E-state index in [4.69, 9.17) is 14.0 Å². The molecule has 0 atom stereocenters. The molecule has 160 valence electrons. The molecular weight excluding hydrogens is 387 g/mol. The third kappa shape index (κ3) is 4.25. The molecule has 0 radical (unpaired) electrons. The maximum atomic E-state index is 11.6. The second-order valence-corrected chi connectivity index (χ2v) is 9.15. The first kappa shape index (κ1) is 21.6. The fraction of sp³-hybridized carbons (Fsp3) is 0.346. The highest BCUT2D eigenvalue weighted by Gasteiger charge is 2.52. The van der Waals surface area contributed by atoms with E-state index in [1.54, 1.807) is 0 Å². The van der Waals surface area contributed by atoms with Crippen molar-refractivity contribution in [1.82, 2.24) is 0 Å². The smallest absolute Gasteiger partial charge is 0.469 e. The van der Waals surface area contributed by atoms with Gasteiger partial charge in [0.1, 0.15) is 0 Å². The standard InChI is InChI=1S/C26H29BO4/c1-25(2)26(3,4)31-27(30-25)23-14-10-18(11-15-24(28)29-5)16-22(23)21-13-12-19-8-6-7-9-20(19)17-21/h6-10,12-14,16-17H,11,15H2,1-5H3. The molecule has 0 amide bonds. The third-order valence-corrected chi connectivity index (χ3v) is 6.53. The molecule has 0 bridgehead atoms. The molecule has 4 nitrogen and oxygen atoms in total. The van der Waals surface area contributed by atoms with Crippen LogP contribution in [0.4, 0.5) is 0 Å². The number of hydrogen-bond donors (Lipinski definition) is 0. The fourth-order valence-electron chi connectivity index (χ4n) is 3.89. The first-order valence-electron chi connectivity index (χ1n) is 10.7. The lowest BCUT2D eigenvalue weighted by Crippen LogP contribution is -2.41. The summed E-state index contributed by atoms with van der Waals surface area (Å²) in [7, 11) is 0.964. The van der Waals surface area contributed by atoms with Gasteiger partial charge in [-0.25, -0.2) is 0 Å². The van der Waals surface area contributed by atoms with Crippen molar-refractivity contribution < 1.29 is 18.8 Å².